The Hall–Kier alpha value is -2.19. The fourth-order valence-electron chi connectivity index (χ4n) is 2.21. The maximum Gasteiger partial charge on any atom is 0.257 e. The van der Waals surface area contributed by atoms with Crippen molar-refractivity contribution in [2.75, 3.05) is 5.32 Å². The maximum atomic E-state index is 12.3. The van der Waals surface area contributed by atoms with Crippen molar-refractivity contribution in [3.8, 4) is 0 Å². The summed E-state index contributed by atoms with van der Waals surface area (Å²) in [5.41, 5.74) is 1.71. The molecule has 3 aromatic rings. The molecular formula is C17H19N5OS2. The molecule has 8 heteroatoms. The summed E-state index contributed by atoms with van der Waals surface area (Å²) >= 11 is 3.02. The number of anilines is 1. The lowest BCUT2D eigenvalue weighted by molar-refractivity contribution is 0.102. The summed E-state index contributed by atoms with van der Waals surface area (Å²) in [6, 6.07) is 7.55. The van der Waals surface area contributed by atoms with E-state index in [1.54, 1.807) is 18.0 Å². The number of aromatic nitrogens is 4. The molecule has 1 aromatic carbocycles. The highest BCUT2D eigenvalue weighted by molar-refractivity contribution is 8.01. The van der Waals surface area contributed by atoms with Crippen LogP contribution in [0.25, 0.3) is 0 Å². The van der Waals surface area contributed by atoms with Gasteiger partial charge < -0.3 is 4.57 Å². The first kappa shape index (κ1) is 17.6. The second-order valence-electron chi connectivity index (χ2n) is 5.79. The standard InChI is InChI=1S/C17H19N5OS2/c1-11(2)24-17-21-20-16(25-17)19-15(23)14-6-4-13(5-7-14)10-22-9-8-18-12(22)3/h4-9,11H,10H2,1-3H3,(H,19,20,23). The number of nitrogens with zero attached hydrogens (tertiary/aromatic N) is 4. The largest absolute Gasteiger partial charge is 0.331 e. The third-order valence-electron chi connectivity index (χ3n) is 3.46. The molecule has 130 valence electrons. The number of carbonyl (C=O) groups is 1. The smallest absolute Gasteiger partial charge is 0.257 e. The van der Waals surface area contributed by atoms with Crippen LogP contribution in [0.15, 0.2) is 41.0 Å². The molecule has 3 rings (SSSR count). The second kappa shape index (κ2) is 7.79. The fraction of sp³-hybridized carbons (Fsp3) is 0.294. The number of hydrogen-bond acceptors (Lipinski definition) is 6. The number of benzene rings is 1. The first-order valence-electron chi connectivity index (χ1n) is 7.89. The number of carbonyl (C=O) groups excluding carboxylic acids is 1. The molecule has 0 aliphatic carbocycles. The van der Waals surface area contributed by atoms with Crippen molar-refractivity contribution < 1.29 is 4.79 Å². The topological polar surface area (TPSA) is 72.7 Å². The summed E-state index contributed by atoms with van der Waals surface area (Å²) in [7, 11) is 0. The van der Waals surface area contributed by atoms with Gasteiger partial charge in [-0.05, 0) is 24.6 Å². The van der Waals surface area contributed by atoms with E-state index in [1.807, 2.05) is 37.4 Å². The van der Waals surface area contributed by atoms with Crippen molar-refractivity contribution in [3.63, 3.8) is 0 Å². The van der Waals surface area contributed by atoms with Crippen molar-refractivity contribution in [3.05, 3.63) is 53.6 Å². The minimum absolute atomic E-state index is 0.178. The van der Waals surface area contributed by atoms with Gasteiger partial charge in [0.05, 0.1) is 0 Å². The van der Waals surface area contributed by atoms with Crippen LogP contribution in [0, 0.1) is 6.92 Å². The lowest BCUT2D eigenvalue weighted by Gasteiger charge is -2.06. The molecule has 0 saturated carbocycles. The van der Waals surface area contributed by atoms with Crippen molar-refractivity contribution >= 4 is 34.1 Å². The number of nitrogens with one attached hydrogen (secondary N) is 1. The Balaban J connectivity index is 1.62. The molecule has 0 spiro atoms. The van der Waals surface area contributed by atoms with E-state index in [-0.39, 0.29) is 5.91 Å². The lowest BCUT2D eigenvalue weighted by atomic mass is 10.1. The Kier molecular flexibility index (Phi) is 5.50. The summed E-state index contributed by atoms with van der Waals surface area (Å²) in [6.45, 7) is 6.89. The maximum absolute atomic E-state index is 12.3. The van der Waals surface area contributed by atoms with Gasteiger partial charge in [0.15, 0.2) is 4.34 Å². The van der Waals surface area contributed by atoms with Crippen molar-refractivity contribution in [2.24, 2.45) is 0 Å². The molecule has 0 unspecified atom stereocenters. The average molecular weight is 374 g/mol. The van der Waals surface area contributed by atoms with Gasteiger partial charge in [-0.15, -0.1) is 10.2 Å². The molecule has 0 bridgehead atoms. The quantitative estimate of drug-likeness (QED) is 0.525. The lowest BCUT2D eigenvalue weighted by Crippen LogP contribution is -2.11. The van der Waals surface area contributed by atoms with E-state index in [0.717, 1.165) is 22.3 Å². The summed E-state index contributed by atoms with van der Waals surface area (Å²) in [5, 5.41) is 11.8. The molecule has 0 aliphatic heterocycles. The minimum Gasteiger partial charge on any atom is -0.331 e. The zero-order valence-electron chi connectivity index (χ0n) is 14.3. The summed E-state index contributed by atoms with van der Waals surface area (Å²) in [4.78, 5) is 16.5. The molecule has 0 fully saturated rings. The van der Waals surface area contributed by atoms with E-state index >= 15 is 0 Å². The molecule has 0 saturated heterocycles. The van der Waals surface area contributed by atoms with Gasteiger partial charge in [-0.1, -0.05) is 49.1 Å². The van der Waals surface area contributed by atoms with Crippen LogP contribution in [0.5, 0.6) is 0 Å². The van der Waals surface area contributed by atoms with E-state index in [0.29, 0.717) is 15.9 Å². The van der Waals surface area contributed by atoms with Gasteiger partial charge in [-0.3, -0.25) is 10.1 Å². The van der Waals surface area contributed by atoms with Crippen molar-refractivity contribution in [2.45, 2.75) is 36.9 Å². The van der Waals surface area contributed by atoms with Crippen molar-refractivity contribution in [1.82, 2.24) is 19.7 Å². The molecule has 0 aliphatic rings. The molecular weight excluding hydrogens is 354 g/mol. The normalized spacial score (nSPS) is 11.0. The highest BCUT2D eigenvalue weighted by Gasteiger charge is 2.11. The highest BCUT2D eigenvalue weighted by atomic mass is 32.2. The molecule has 2 heterocycles. The Morgan fingerprint density at radius 1 is 1.28 bits per heavy atom. The van der Waals surface area contributed by atoms with Crippen LogP contribution in [0.4, 0.5) is 5.13 Å². The summed E-state index contributed by atoms with van der Waals surface area (Å²) in [6.07, 6.45) is 3.73. The third kappa shape index (κ3) is 4.67. The Morgan fingerprint density at radius 3 is 2.68 bits per heavy atom. The highest BCUT2D eigenvalue weighted by Crippen LogP contribution is 2.28. The monoisotopic (exact) mass is 373 g/mol. The van der Waals surface area contributed by atoms with Gasteiger partial charge in [0.25, 0.3) is 5.91 Å². The predicted octanol–water partition coefficient (Wildman–Crippen LogP) is 3.84. The van der Waals surface area contributed by atoms with Gasteiger partial charge >= 0.3 is 0 Å². The molecule has 0 atom stereocenters. The van der Waals surface area contributed by atoms with Gasteiger partial charge in [0.1, 0.15) is 5.82 Å². The molecule has 1 N–H and O–H groups in total. The van der Waals surface area contributed by atoms with E-state index in [4.69, 9.17) is 0 Å². The SMILES string of the molecule is Cc1nccn1Cc1ccc(C(=O)Nc2nnc(SC(C)C)s2)cc1. The van der Waals surface area contributed by atoms with Gasteiger partial charge in [-0.2, -0.15) is 0 Å². The first-order valence-corrected chi connectivity index (χ1v) is 9.59. The van der Waals surface area contributed by atoms with Crippen LogP contribution in [0.3, 0.4) is 0 Å². The molecule has 25 heavy (non-hydrogen) atoms. The second-order valence-corrected chi connectivity index (χ2v) is 8.59. The van der Waals surface area contributed by atoms with Crippen molar-refractivity contribution in [1.29, 1.82) is 0 Å². The number of aryl methyl sites for hydroxylation is 1. The molecule has 6 nitrogen and oxygen atoms in total. The van der Waals surface area contributed by atoms with Crippen LogP contribution in [-0.2, 0) is 6.54 Å². The van der Waals surface area contributed by atoms with Crippen LogP contribution in [-0.4, -0.2) is 30.9 Å². The zero-order valence-corrected chi connectivity index (χ0v) is 15.9. The first-order chi connectivity index (χ1) is 12.0. The van der Waals surface area contributed by atoms with E-state index in [1.165, 1.54) is 11.3 Å². The Morgan fingerprint density at radius 2 is 2.04 bits per heavy atom. The van der Waals surface area contributed by atoms with Gasteiger partial charge in [0.2, 0.25) is 5.13 Å². The predicted molar refractivity (Wildman–Crippen MR) is 101 cm³/mol. The molecule has 0 radical (unpaired) electrons. The molecule has 1 amide bonds. The van der Waals surface area contributed by atoms with Crippen LogP contribution >= 0.6 is 23.1 Å². The van der Waals surface area contributed by atoms with E-state index in [9.17, 15) is 4.79 Å². The molecule has 2 aromatic heterocycles. The number of hydrogen-bond donors (Lipinski definition) is 1. The zero-order chi connectivity index (χ0) is 17.8. The fourth-order valence-corrected chi connectivity index (χ4v) is 4.18. The Bertz CT molecular complexity index is 854. The number of imidazole rings is 1. The van der Waals surface area contributed by atoms with E-state index < -0.39 is 0 Å². The summed E-state index contributed by atoms with van der Waals surface area (Å²) < 4.78 is 2.92. The van der Waals surface area contributed by atoms with Crippen LogP contribution < -0.4 is 5.32 Å². The van der Waals surface area contributed by atoms with Gasteiger partial charge in [0, 0.05) is 29.8 Å². The number of rotatable bonds is 6. The summed E-state index contributed by atoms with van der Waals surface area (Å²) in [5.74, 6) is 0.788. The van der Waals surface area contributed by atoms with E-state index in [2.05, 4.69) is 38.9 Å². The van der Waals surface area contributed by atoms with Crippen LogP contribution in [0.1, 0.15) is 35.6 Å². The number of thioether (sulfide) groups is 1. The minimum atomic E-state index is -0.178. The third-order valence-corrected chi connectivity index (χ3v) is 5.38. The van der Waals surface area contributed by atoms with Crippen LogP contribution in [0.2, 0.25) is 0 Å². The Labute approximate surface area is 154 Å². The number of amides is 1. The average Bonchev–Trinajstić information content (AvgIpc) is 3.17. The van der Waals surface area contributed by atoms with Gasteiger partial charge in [-0.25, -0.2) is 4.98 Å².